The number of nitrogens with one attached hydrogen (secondary N) is 2. The minimum Gasteiger partial charge on any atom is -0.448 e. The first-order valence-corrected chi connectivity index (χ1v) is 6.04. The van der Waals surface area contributed by atoms with Gasteiger partial charge in [-0.1, -0.05) is 6.92 Å². The van der Waals surface area contributed by atoms with E-state index < -0.39 is 6.09 Å². The van der Waals surface area contributed by atoms with Crippen molar-refractivity contribution in [3.05, 3.63) is 23.9 Å². The van der Waals surface area contributed by atoms with Crippen LogP contribution >= 0.6 is 0 Å². The zero-order chi connectivity index (χ0) is 14.1. The number of carbonyl (C=O) groups is 2. The molecule has 0 aromatic carbocycles. The molecule has 0 saturated heterocycles. The fourth-order valence-corrected chi connectivity index (χ4v) is 1.34. The molecule has 0 aliphatic heterocycles. The van der Waals surface area contributed by atoms with Gasteiger partial charge in [-0.05, 0) is 18.6 Å². The molecule has 0 bridgehead atoms. The summed E-state index contributed by atoms with van der Waals surface area (Å²) in [7, 11) is 0. The number of nitrogens with zero attached hydrogens (tertiary/aromatic N) is 1. The van der Waals surface area contributed by atoms with Crippen LogP contribution in [0.2, 0.25) is 0 Å². The monoisotopic (exact) mass is 266 g/mol. The van der Waals surface area contributed by atoms with Crippen LogP contribution < -0.4 is 16.4 Å². The molecule has 0 saturated carbocycles. The Morgan fingerprint density at radius 1 is 1.42 bits per heavy atom. The second kappa shape index (κ2) is 7.91. The maximum Gasteiger partial charge on any atom is 0.404 e. The number of ether oxygens (including phenoxy) is 1. The number of aromatic nitrogens is 1. The van der Waals surface area contributed by atoms with Gasteiger partial charge in [0.05, 0.1) is 6.54 Å². The predicted molar refractivity (Wildman–Crippen MR) is 70.9 cm³/mol. The summed E-state index contributed by atoms with van der Waals surface area (Å²) < 4.78 is 4.50. The highest BCUT2D eigenvalue weighted by Gasteiger charge is 2.06. The Labute approximate surface area is 111 Å². The first kappa shape index (κ1) is 14.7. The van der Waals surface area contributed by atoms with E-state index >= 15 is 0 Å². The molecule has 2 amide bonds. The first-order chi connectivity index (χ1) is 9.13. The smallest absolute Gasteiger partial charge is 0.404 e. The number of nitrogens with two attached hydrogens (primary N) is 1. The maximum absolute atomic E-state index is 11.8. The Balaban J connectivity index is 2.45. The molecule has 104 valence electrons. The molecule has 0 unspecified atom stereocenters. The van der Waals surface area contributed by atoms with Crippen molar-refractivity contribution < 1.29 is 14.3 Å². The summed E-state index contributed by atoms with van der Waals surface area (Å²) in [5.41, 5.74) is 5.29. The number of hydrogen-bond acceptors (Lipinski definition) is 5. The van der Waals surface area contributed by atoms with Crippen LogP contribution in [0.15, 0.2) is 18.3 Å². The second-order valence-electron chi connectivity index (χ2n) is 3.78. The molecule has 4 N–H and O–H groups in total. The lowest BCUT2D eigenvalue weighted by Crippen LogP contribution is -2.29. The van der Waals surface area contributed by atoms with Crippen molar-refractivity contribution in [2.75, 3.05) is 25.0 Å². The van der Waals surface area contributed by atoms with Crippen molar-refractivity contribution in [2.45, 2.75) is 13.3 Å². The largest absolute Gasteiger partial charge is 0.448 e. The summed E-state index contributed by atoms with van der Waals surface area (Å²) >= 11 is 0. The van der Waals surface area contributed by atoms with Crippen LogP contribution in [0.5, 0.6) is 0 Å². The molecule has 1 rings (SSSR count). The summed E-state index contributed by atoms with van der Waals surface area (Å²) in [4.78, 5) is 26.2. The zero-order valence-corrected chi connectivity index (χ0v) is 10.8. The molecule has 19 heavy (non-hydrogen) atoms. The predicted octanol–water partition coefficient (Wildman–Crippen LogP) is 0.729. The van der Waals surface area contributed by atoms with E-state index in [-0.39, 0.29) is 19.1 Å². The zero-order valence-electron chi connectivity index (χ0n) is 10.8. The van der Waals surface area contributed by atoms with E-state index in [0.717, 1.165) is 13.0 Å². The van der Waals surface area contributed by atoms with Crippen LogP contribution in [0.3, 0.4) is 0 Å². The SMILES string of the molecule is CCCNc1cc(C(=O)NCCOC(N)=O)ccn1. The van der Waals surface area contributed by atoms with Gasteiger partial charge in [0.2, 0.25) is 0 Å². The average Bonchev–Trinajstić information content (AvgIpc) is 2.41. The number of primary amides is 1. The van der Waals surface area contributed by atoms with E-state index in [1.807, 2.05) is 6.92 Å². The van der Waals surface area contributed by atoms with Gasteiger partial charge in [-0.25, -0.2) is 9.78 Å². The maximum atomic E-state index is 11.8. The van der Waals surface area contributed by atoms with E-state index in [2.05, 4.69) is 20.4 Å². The molecule has 1 aromatic rings. The van der Waals surface area contributed by atoms with Crippen molar-refractivity contribution >= 4 is 17.8 Å². The van der Waals surface area contributed by atoms with Crippen molar-refractivity contribution in [2.24, 2.45) is 5.73 Å². The van der Waals surface area contributed by atoms with Gasteiger partial charge in [0.15, 0.2) is 0 Å². The highest BCUT2D eigenvalue weighted by atomic mass is 16.5. The molecule has 0 atom stereocenters. The molecule has 7 nitrogen and oxygen atoms in total. The van der Waals surface area contributed by atoms with Crippen LogP contribution in [0.1, 0.15) is 23.7 Å². The van der Waals surface area contributed by atoms with E-state index in [1.54, 1.807) is 18.3 Å². The minimum atomic E-state index is -0.857. The van der Waals surface area contributed by atoms with Gasteiger partial charge < -0.3 is 21.1 Å². The molecule has 0 aliphatic rings. The lowest BCUT2D eigenvalue weighted by atomic mass is 10.2. The highest BCUT2D eigenvalue weighted by Crippen LogP contribution is 2.06. The third kappa shape index (κ3) is 5.71. The van der Waals surface area contributed by atoms with E-state index in [4.69, 9.17) is 5.73 Å². The molecule has 7 heteroatoms. The van der Waals surface area contributed by atoms with E-state index in [0.29, 0.717) is 11.4 Å². The summed E-state index contributed by atoms with van der Waals surface area (Å²) in [5.74, 6) is 0.401. The highest BCUT2D eigenvalue weighted by molar-refractivity contribution is 5.94. The molecule has 0 aliphatic carbocycles. The first-order valence-electron chi connectivity index (χ1n) is 6.04. The number of hydrogen-bond donors (Lipinski definition) is 3. The van der Waals surface area contributed by atoms with Gasteiger partial charge >= 0.3 is 6.09 Å². The molecule has 1 aromatic heterocycles. The Morgan fingerprint density at radius 2 is 2.21 bits per heavy atom. The Hall–Kier alpha value is -2.31. The third-order valence-corrected chi connectivity index (χ3v) is 2.21. The summed E-state index contributed by atoms with van der Waals surface area (Å²) in [6.45, 7) is 3.10. The Kier molecular flexibility index (Phi) is 6.14. The molecule has 0 radical (unpaired) electrons. The number of amides is 2. The Bertz CT molecular complexity index is 437. The van der Waals surface area contributed by atoms with Crippen molar-refractivity contribution in [1.29, 1.82) is 0 Å². The van der Waals surface area contributed by atoms with Crippen LogP contribution in [0.4, 0.5) is 10.6 Å². The Morgan fingerprint density at radius 3 is 2.89 bits per heavy atom. The molecule has 1 heterocycles. The molecular weight excluding hydrogens is 248 g/mol. The van der Waals surface area contributed by atoms with Crippen molar-refractivity contribution in [1.82, 2.24) is 10.3 Å². The van der Waals surface area contributed by atoms with Gasteiger partial charge in [-0.2, -0.15) is 0 Å². The number of rotatable bonds is 7. The van der Waals surface area contributed by atoms with Gasteiger partial charge in [-0.3, -0.25) is 4.79 Å². The van der Waals surface area contributed by atoms with E-state index in [9.17, 15) is 9.59 Å². The fourth-order valence-electron chi connectivity index (χ4n) is 1.34. The standard InChI is InChI=1S/C12H18N4O3/c1-2-4-14-10-8-9(3-5-15-10)11(17)16-6-7-19-12(13)18/h3,5,8H,2,4,6-7H2,1H3,(H2,13,18)(H,14,15)(H,16,17). The van der Waals surface area contributed by atoms with E-state index in [1.165, 1.54) is 0 Å². The van der Waals surface area contributed by atoms with Crippen molar-refractivity contribution in [3.8, 4) is 0 Å². The summed E-state index contributed by atoms with van der Waals surface area (Å²) in [6.07, 6.45) is 1.68. The summed E-state index contributed by atoms with van der Waals surface area (Å²) in [6, 6.07) is 3.28. The van der Waals surface area contributed by atoms with Crippen LogP contribution in [0.25, 0.3) is 0 Å². The van der Waals surface area contributed by atoms with Crippen LogP contribution in [0, 0.1) is 0 Å². The molecule has 0 spiro atoms. The molecular formula is C12H18N4O3. The number of carbonyl (C=O) groups excluding carboxylic acids is 2. The van der Waals surface area contributed by atoms with Gasteiger partial charge in [0.25, 0.3) is 5.91 Å². The van der Waals surface area contributed by atoms with Gasteiger partial charge in [0.1, 0.15) is 12.4 Å². The third-order valence-electron chi connectivity index (χ3n) is 2.21. The summed E-state index contributed by atoms with van der Waals surface area (Å²) in [5, 5.41) is 5.71. The average molecular weight is 266 g/mol. The topological polar surface area (TPSA) is 106 Å². The second-order valence-corrected chi connectivity index (χ2v) is 3.78. The van der Waals surface area contributed by atoms with Crippen LogP contribution in [-0.2, 0) is 4.74 Å². The lowest BCUT2D eigenvalue weighted by molar-refractivity contribution is 0.0937. The quantitative estimate of drug-likeness (QED) is 0.631. The minimum absolute atomic E-state index is 0.0487. The fraction of sp³-hybridized carbons (Fsp3) is 0.417. The normalized spacial score (nSPS) is 9.74. The molecule has 0 fully saturated rings. The van der Waals surface area contributed by atoms with Gasteiger partial charge in [0, 0.05) is 18.3 Å². The van der Waals surface area contributed by atoms with Gasteiger partial charge in [-0.15, -0.1) is 0 Å². The van der Waals surface area contributed by atoms with Crippen molar-refractivity contribution in [3.63, 3.8) is 0 Å². The lowest BCUT2D eigenvalue weighted by Gasteiger charge is -2.07. The van der Waals surface area contributed by atoms with Crippen LogP contribution in [-0.4, -0.2) is 36.7 Å². The number of pyridine rings is 1. The number of anilines is 1.